The van der Waals surface area contributed by atoms with Gasteiger partial charge in [0.05, 0.1) is 12.1 Å². The number of aromatic amines is 1. The Labute approximate surface area is 149 Å². The van der Waals surface area contributed by atoms with Gasteiger partial charge in [-0.05, 0) is 77.5 Å². The molecule has 2 aromatic carbocycles. The number of hydrogen-bond donors (Lipinski definition) is 1. The minimum atomic E-state index is 0.696. The van der Waals surface area contributed by atoms with Crippen molar-refractivity contribution in [3.05, 3.63) is 62.7 Å². The minimum absolute atomic E-state index is 0.696. The molecule has 0 bridgehead atoms. The second kappa shape index (κ2) is 6.98. The van der Waals surface area contributed by atoms with E-state index in [1.165, 1.54) is 10.9 Å². The number of rotatable bonds is 5. The van der Waals surface area contributed by atoms with Crippen LogP contribution in [0.15, 0.2) is 41.0 Å². The van der Waals surface area contributed by atoms with Crippen LogP contribution in [0.5, 0.6) is 5.75 Å². The number of halogens is 2. The lowest BCUT2D eigenvalue weighted by atomic mass is 10.1. The molecule has 1 heterocycles. The smallest absolute Gasteiger partial charge is 0.119 e. The summed E-state index contributed by atoms with van der Waals surface area (Å²) in [4.78, 5) is 3.33. The Kier molecular flexibility index (Phi) is 4.98. The first-order valence-corrected chi connectivity index (χ1v) is 8.87. The molecule has 0 aliphatic rings. The van der Waals surface area contributed by atoms with E-state index in [-0.39, 0.29) is 0 Å². The third-order valence-electron chi connectivity index (χ3n) is 4.02. The third kappa shape index (κ3) is 3.56. The van der Waals surface area contributed by atoms with E-state index in [9.17, 15) is 0 Å². The number of aromatic nitrogens is 1. The van der Waals surface area contributed by atoms with Gasteiger partial charge in [0.25, 0.3) is 0 Å². The van der Waals surface area contributed by atoms with Crippen LogP contribution in [0.3, 0.4) is 0 Å². The van der Waals surface area contributed by atoms with E-state index < -0.39 is 0 Å². The second-order valence-corrected chi connectivity index (χ2v) is 7.03. The predicted molar refractivity (Wildman–Crippen MR) is 101 cm³/mol. The summed E-state index contributed by atoms with van der Waals surface area (Å²) in [5, 5.41) is 2.10. The Balaban J connectivity index is 1.60. The van der Waals surface area contributed by atoms with Crippen molar-refractivity contribution < 1.29 is 4.74 Å². The van der Waals surface area contributed by atoms with Crippen molar-refractivity contribution in [1.82, 2.24) is 4.98 Å². The van der Waals surface area contributed by atoms with E-state index in [0.29, 0.717) is 6.61 Å². The first-order valence-electron chi connectivity index (χ1n) is 7.70. The Hall–Kier alpha value is -1.45. The van der Waals surface area contributed by atoms with Gasteiger partial charge in [-0.2, -0.15) is 0 Å². The molecule has 2 nitrogen and oxygen atoms in total. The van der Waals surface area contributed by atoms with Gasteiger partial charge in [0.1, 0.15) is 5.75 Å². The molecule has 3 aromatic rings. The van der Waals surface area contributed by atoms with Crippen LogP contribution in [0, 0.1) is 13.8 Å². The van der Waals surface area contributed by atoms with E-state index in [1.807, 2.05) is 26.0 Å². The predicted octanol–water partition coefficient (Wildman–Crippen LogP) is 6.21. The van der Waals surface area contributed by atoms with Crippen molar-refractivity contribution in [1.29, 1.82) is 0 Å². The van der Waals surface area contributed by atoms with Gasteiger partial charge in [-0.15, -0.1) is 0 Å². The zero-order valence-electron chi connectivity index (χ0n) is 13.2. The molecular formula is C19H19BrClNO. The average Bonchev–Trinajstić information content (AvgIpc) is 2.94. The summed E-state index contributed by atoms with van der Waals surface area (Å²) in [6.45, 7) is 4.71. The molecule has 0 atom stereocenters. The number of fused-ring (bicyclic) bond motifs is 1. The molecule has 3 rings (SSSR count). The molecule has 0 saturated carbocycles. The fourth-order valence-corrected chi connectivity index (χ4v) is 3.41. The Morgan fingerprint density at radius 2 is 1.91 bits per heavy atom. The Bertz CT molecular complexity index is 817. The number of aryl methyl sites for hydroxylation is 3. The Morgan fingerprint density at radius 3 is 2.65 bits per heavy atom. The highest BCUT2D eigenvalue weighted by Gasteiger charge is 2.07. The molecule has 1 aromatic heterocycles. The van der Waals surface area contributed by atoms with Crippen LogP contribution >= 0.6 is 27.5 Å². The first-order chi connectivity index (χ1) is 11.1. The summed E-state index contributed by atoms with van der Waals surface area (Å²) in [6.07, 6.45) is 4.05. The maximum Gasteiger partial charge on any atom is 0.119 e. The van der Waals surface area contributed by atoms with Gasteiger partial charge in [-0.3, -0.25) is 0 Å². The van der Waals surface area contributed by atoms with Crippen LogP contribution in [-0.4, -0.2) is 11.6 Å². The summed E-state index contributed by atoms with van der Waals surface area (Å²) < 4.78 is 6.98. The molecular weight excluding hydrogens is 374 g/mol. The normalized spacial score (nSPS) is 11.1. The van der Waals surface area contributed by atoms with Crippen LogP contribution in [0.4, 0.5) is 0 Å². The lowest BCUT2D eigenvalue weighted by molar-refractivity contribution is 0.311. The molecule has 0 aliphatic carbocycles. The van der Waals surface area contributed by atoms with Gasteiger partial charge < -0.3 is 9.72 Å². The highest BCUT2D eigenvalue weighted by molar-refractivity contribution is 9.10. The maximum atomic E-state index is 6.18. The van der Waals surface area contributed by atoms with Crippen molar-refractivity contribution in [2.75, 3.05) is 6.61 Å². The molecule has 0 fully saturated rings. The first kappa shape index (κ1) is 16.4. The molecule has 4 heteroatoms. The molecule has 0 saturated heterocycles. The summed E-state index contributed by atoms with van der Waals surface area (Å²) in [7, 11) is 0. The van der Waals surface area contributed by atoms with Crippen LogP contribution in [0.25, 0.3) is 10.9 Å². The molecule has 23 heavy (non-hydrogen) atoms. The monoisotopic (exact) mass is 391 g/mol. The van der Waals surface area contributed by atoms with Crippen molar-refractivity contribution in [2.45, 2.75) is 26.7 Å². The van der Waals surface area contributed by atoms with Crippen LogP contribution in [0.1, 0.15) is 23.1 Å². The van der Waals surface area contributed by atoms with Gasteiger partial charge >= 0.3 is 0 Å². The highest BCUT2D eigenvalue weighted by Crippen LogP contribution is 2.27. The van der Waals surface area contributed by atoms with Gasteiger partial charge in [0.2, 0.25) is 0 Å². The van der Waals surface area contributed by atoms with Crippen LogP contribution < -0.4 is 4.74 Å². The number of hydrogen-bond acceptors (Lipinski definition) is 1. The quantitative estimate of drug-likeness (QED) is 0.513. The van der Waals surface area contributed by atoms with Crippen molar-refractivity contribution in [3.63, 3.8) is 0 Å². The molecule has 0 amide bonds. The molecule has 120 valence electrons. The summed E-state index contributed by atoms with van der Waals surface area (Å²) in [5.74, 6) is 0.895. The minimum Gasteiger partial charge on any atom is -0.494 e. The van der Waals surface area contributed by atoms with Gasteiger partial charge in [-0.25, -0.2) is 0 Å². The van der Waals surface area contributed by atoms with E-state index >= 15 is 0 Å². The average molecular weight is 393 g/mol. The van der Waals surface area contributed by atoms with Crippen LogP contribution in [-0.2, 0) is 6.42 Å². The largest absolute Gasteiger partial charge is 0.494 e. The van der Waals surface area contributed by atoms with Crippen molar-refractivity contribution in [3.8, 4) is 5.75 Å². The maximum absolute atomic E-state index is 6.18. The number of nitrogens with one attached hydrogen (secondary N) is 1. The molecule has 0 spiro atoms. The zero-order chi connectivity index (χ0) is 16.4. The summed E-state index contributed by atoms with van der Waals surface area (Å²) in [6, 6.07) is 10.3. The lowest BCUT2D eigenvalue weighted by Gasteiger charge is -2.10. The van der Waals surface area contributed by atoms with Crippen molar-refractivity contribution >= 4 is 38.4 Å². The highest BCUT2D eigenvalue weighted by atomic mass is 79.9. The number of benzene rings is 2. The molecule has 0 aliphatic heterocycles. The third-order valence-corrected chi connectivity index (χ3v) is 5.28. The summed E-state index contributed by atoms with van der Waals surface area (Å²) >= 11 is 9.76. The van der Waals surface area contributed by atoms with E-state index in [0.717, 1.165) is 44.7 Å². The standard InChI is InChI=1S/C19H19BrClNO/c1-12-9-15(10-13(2)18(12)21)23-8-4-5-14-11-22-19-16(14)6-3-7-17(19)20/h3,6-7,9-11,22H,4-5,8H2,1-2H3. The van der Waals surface area contributed by atoms with E-state index in [4.69, 9.17) is 16.3 Å². The zero-order valence-corrected chi connectivity index (χ0v) is 15.6. The lowest BCUT2D eigenvalue weighted by Crippen LogP contribution is -2.00. The molecule has 1 N–H and O–H groups in total. The van der Waals surface area contributed by atoms with Gasteiger partial charge in [0.15, 0.2) is 0 Å². The van der Waals surface area contributed by atoms with E-state index in [2.05, 4.69) is 45.3 Å². The number of para-hydroxylation sites is 1. The van der Waals surface area contributed by atoms with Crippen LogP contribution in [0.2, 0.25) is 5.02 Å². The fourth-order valence-electron chi connectivity index (χ4n) is 2.82. The molecule has 0 radical (unpaired) electrons. The van der Waals surface area contributed by atoms with Gasteiger partial charge in [-0.1, -0.05) is 23.7 Å². The van der Waals surface area contributed by atoms with Crippen molar-refractivity contribution in [2.24, 2.45) is 0 Å². The number of H-pyrrole nitrogens is 1. The fraction of sp³-hybridized carbons (Fsp3) is 0.263. The van der Waals surface area contributed by atoms with E-state index in [1.54, 1.807) is 0 Å². The number of ether oxygens (including phenoxy) is 1. The SMILES string of the molecule is Cc1cc(OCCCc2c[nH]c3c(Br)cccc23)cc(C)c1Cl. The second-order valence-electron chi connectivity index (χ2n) is 5.80. The Morgan fingerprint density at radius 1 is 1.17 bits per heavy atom. The van der Waals surface area contributed by atoms with Gasteiger partial charge in [0, 0.05) is 21.1 Å². The topological polar surface area (TPSA) is 25.0 Å². The summed E-state index contributed by atoms with van der Waals surface area (Å²) in [5.41, 5.74) is 4.60. The molecule has 0 unspecified atom stereocenters.